The zero-order valence-corrected chi connectivity index (χ0v) is 16.7. The molecule has 7 nitrogen and oxygen atoms in total. The number of nitrogens with one attached hydrogen (secondary N) is 1. The summed E-state index contributed by atoms with van der Waals surface area (Å²) in [7, 11) is 1.74. The molecule has 1 aromatic carbocycles. The summed E-state index contributed by atoms with van der Waals surface area (Å²) in [6, 6.07) is 12.1. The number of hydrogen-bond acceptors (Lipinski definition) is 5. The van der Waals surface area contributed by atoms with Crippen LogP contribution in [0.4, 0.5) is 5.82 Å². The Morgan fingerprint density at radius 3 is 2.71 bits per heavy atom. The molecule has 152 valence electrons. The second-order valence-electron chi connectivity index (χ2n) is 7.19. The van der Waals surface area contributed by atoms with E-state index >= 15 is 0 Å². The van der Waals surface area contributed by atoms with E-state index in [4.69, 9.17) is 9.47 Å². The maximum absolute atomic E-state index is 12.3. The Bertz CT molecular complexity index is 726. The molecule has 1 atom stereocenters. The third kappa shape index (κ3) is 5.56. The molecule has 1 aliphatic heterocycles. The fourth-order valence-electron chi connectivity index (χ4n) is 3.61. The van der Waals surface area contributed by atoms with Crippen molar-refractivity contribution in [1.29, 1.82) is 0 Å². The SMILES string of the molecule is COCC(C)N1CCC(n2nccc2NC(=O)CCOc2ccccc2)CC1. The number of carbonyl (C=O) groups excluding carboxylic acids is 1. The van der Waals surface area contributed by atoms with Crippen LogP contribution in [0.5, 0.6) is 5.75 Å². The monoisotopic (exact) mass is 386 g/mol. The normalized spacial score (nSPS) is 16.6. The second kappa shape index (κ2) is 10.2. The minimum absolute atomic E-state index is 0.0659. The summed E-state index contributed by atoms with van der Waals surface area (Å²) in [5.74, 6) is 1.46. The van der Waals surface area contributed by atoms with Gasteiger partial charge < -0.3 is 14.8 Å². The van der Waals surface area contributed by atoms with Crippen LogP contribution in [0.1, 0.15) is 32.2 Å². The lowest BCUT2D eigenvalue weighted by Gasteiger charge is -2.36. The minimum Gasteiger partial charge on any atom is -0.493 e. The number of amides is 1. The first-order chi connectivity index (χ1) is 13.7. The van der Waals surface area contributed by atoms with Crippen LogP contribution < -0.4 is 10.1 Å². The highest BCUT2D eigenvalue weighted by Gasteiger charge is 2.25. The standard InChI is InChI=1S/C21H30N4O3/c1-17(16-27-2)24-13-9-18(10-14-24)25-20(8-12-22-25)23-21(26)11-15-28-19-6-4-3-5-7-19/h3-8,12,17-18H,9-11,13-16H2,1-2H3,(H,23,26). The first kappa shape index (κ1) is 20.4. The van der Waals surface area contributed by atoms with Gasteiger partial charge in [0.2, 0.25) is 5.91 Å². The lowest BCUT2D eigenvalue weighted by molar-refractivity contribution is -0.116. The molecule has 3 rings (SSSR count). The Labute approximate surface area is 166 Å². The van der Waals surface area contributed by atoms with Gasteiger partial charge in [-0.15, -0.1) is 0 Å². The van der Waals surface area contributed by atoms with Gasteiger partial charge in [-0.1, -0.05) is 18.2 Å². The van der Waals surface area contributed by atoms with Crippen LogP contribution in [0.15, 0.2) is 42.6 Å². The van der Waals surface area contributed by atoms with E-state index < -0.39 is 0 Å². The number of rotatable bonds is 9. The summed E-state index contributed by atoms with van der Waals surface area (Å²) in [6.45, 7) is 5.31. The molecule has 1 N–H and O–H groups in total. The van der Waals surface area contributed by atoms with Gasteiger partial charge in [-0.3, -0.25) is 9.69 Å². The lowest BCUT2D eigenvalue weighted by atomic mass is 10.0. The third-order valence-electron chi connectivity index (χ3n) is 5.16. The Hall–Kier alpha value is -2.38. The molecule has 1 aliphatic rings. The summed E-state index contributed by atoms with van der Waals surface area (Å²) in [5, 5.41) is 7.43. The van der Waals surface area contributed by atoms with Gasteiger partial charge in [-0.2, -0.15) is 5.10 Å². The van der Waals surface area contributed by atoms with Crippen molar-refractivity contribution in [2.75, 3.05) is 38.7 Å². The van der Waals surface area contributed by atoms with Crippen LogP contribution in [0.2, 0.25) is 0 Å². The van der Waals surface area contributed by atoms with E-state index in [9.17, 15) is 4.79 Å². The lowest BCUT2D eigenvalue weighted by Crippen LogP contribution is -2.42. The van der Waals surface area contributed by atoms with Crippen molar-refractivity contribution in [2.24, 2.45) is 0 Å². The van der Waals surface area contributed by atoms with Crippen LogP contribution in [0.3, 0.4) is 0 Å². The first-order valence-electron chi connectivity index (χ1n) is 9.91. The van der Waals surface area contributed by atoms with Gasteiger partial charge in [0.05, 0.1) is 31.9 Å². The molecule has 0 saturated carbocycles. The number of piperidine rings is 1. The first-order valence-corrected chi connectivity index (χ1v) is 9.91. The largest absolute Gasteiger partial charge is 0.493 e. The average Bonchev–Trinajstić information content (AvgIpc) is 3.17. The zero-order valence-electron chi connectivity index (χ0n) is 16.7. The quantitative estimate of drug-likeness (QED) is 0.718. The van der Waals surface area contributed by atoms with Crippen molar-refractivity contribution in [1.82, 2.24) is 14.7 Å². The van der Waals surface area contributed by atoms with Crippen molar-refractivity contribution < 1.29 is 14.3 Å². The average molecular weight is 386 g/mol. The number of nitrogens with zero attached hydrogens (tertiary/aromatic N) is 3. The third-order valence-corrected chi connectivity index (χ3v) is 5.16. The molecule has 1 amide bonds. The van der Waals surface area contributed by atoms with E-state index in [1.165, 1.54) is 0 Å². The number of hydrogen-bond donors (Lipinski definition) is 1. The Morgan fingerprint density at radius 1 is 1.25 bits per heavy atom. The van der Waals surface area contributed by atoms with Crippen LogP contribution in [-0.4, -0.2) is 60.0 Å². The minimum atomic E-state index is -0.0659. The maximum Gasteiger partial charge on any atom is 0.228 e. The fraction of sp³-hybridized carbons (Fsp3) is 0.524. The maximum atomic E-state index is 12.3. The molecule has 0 aliphatic carbocycles. The van der Waals surface area contributed by atoms with E-state index in [2.05, 4.69) is 22.2 Å². The van der Waals surface area contributed by atoms with Crippen molar-refractivity contribution in [3.63, 3.8) is 0 Å². The molecule has 2 heterocycles. The van der Waals surface area contributed by atoms with E-state index in [1.54, 1.807) is 13.3 Å². The predicted octanol–water partition coefficient (Wildman–Crippen LogP) is 2.96. The summed E-state index contributed by atoms with van der Waals surface area (Å²) in [4.78, 5) is 14.7. The zero-order chi connectivity index (χ0) is 19.8. The molecule has 0 bridgehead atoms. The number of carbonyl (C=O) groups is 1. The number of benzene rings is 1. The molecular weight excluding hydrogens is 356 g/mol. The van der Waals surface area contributed by atoms with Gasteiger partial charge in [-0.05, 0) is 31.9 Å². The summed E-state index contributed by atoms with van der Waals surface area (Å²) in [5.41, 5.74) is 0. The number of aromatic nitrogens is 2. The Balaban J connectivity index is 1.46. The number of para-hydroxylation sites is 1. The van der Waals surface area contributed by atoms with E-state index in [-0.39, 0.29) is 5.91 Å². The molecule has 1 fully saturated rings. The molecule has 1 aromatic heterocycles. The van der Waals surface area contributed by atoms with Crippen LogP contribution in [0.25, 0.3) is 0 Å². The molecule has 0 radical (unpaired) electrons. The molecule has 28 heavy (non-hydrogen) atoms. The Kier molecular flexibility index (Phi) is 7.45. The highest BCUT2D eigenvalue weighted by Crippen LogP contribution is 2.26. The van der Waals surface area contributed by atoms with E-state index in [0.29, 0.717) is 25.1 Å². The molecule has 1 unspecified atom stereocenters. The van der Waals surface area contributed by atoms with Crippen molar-refractivity contribution in [2.45, 2.75) is 38.3 Å². The number of anilines is 1. The fourth-order valence-corrected chi connectivity index (χ4v) is 3.61. The highest BCUT2D eigenvalue weighted by atomic mass is 16.5. The molecular formula is C21H30N4O3. The van der Waals surface area contributed by atoms with Gasteiger partial charge in [-0.25, -0.2) is 4.68 Å². The van der Waals surface area contributed by atoms with E-state index in [1.807, 2.05) is 41.1 Å². The molecule has 0 spiro atoms. The van der Waals surface area contributed by atoms with E-state index in [0.717, 1.165) is 44.1 Å². The van der Waals surface area contributed by atoms with Crippen molar-refractivity contribution >= 4 is 11.7 Å². The smallest absolute Gasteiger partial charge is 0.228 e. The van der Waals surface area contributed by atoms with Gasteiger partial charge in [0.25, 0.3) is 0 Å². The van der Waals surface area contributed by atoms with Gasteiger partial charge in [0.1, 0.15) is 11.6 Å². The van der Waals surface area contributed by atoms with Crippen LogP contribution in [0, 0.1) is 0 Å². The summed E-state index contributed by atoms with van der Waals surface area (Å²) >= 11 is 0. The second-order valence-corrected chi connectivity index (χ2v) is 7.19. The Morgan fingerprint density at radius 2 is 2.00 bits per heavy atom. The number of ether oxygens (including phenoxy) is 2. The van der Waals surface area contributed by atoms with Gasteiger partial charge in [0.15, 0.2) is 0 Å². The molecule has 1 saturated heterocycles. The highest BCUT2D eigenvalue weighted by molar-refractivity contribution is 5.89. The van der Waals surface area contributed by atoms with Crippen LogP contribution >= 0.6 is 0 Å². The molecule has 2 aromatic rings. The number of methoxy groups -OCH3 is 1. The molecule has 7 heteroatoms. The summed E-state index contributed by atoms with van der Waals surface area (Å²) in [6.07, 6.45) is 4.06. The van der Waals surface area contributed by atoms with Gasteiger partial charge in [0, 0.05) is 32.3 Å². The summed E-state index contributed by atoms with van der Waals surface area (Å²) < 4.78 is 12.8. The van der Waals surface area contributed by atoms with Crippen molar-refractivity contribution in [3.05, 3.63) is 42.6 Å². The van der Waals surface area contributed by atoms with Crippen LogP contribution in [-0.2, 0) is 9.53 Å². The predicted molar refractivity (Wildman–Crippen MR) is 109 cm³/mol. The number of likely N-dealkylation sites (tertiary alicyclic amines) is 1. The van der Waals surface area contributed by atoms with Gasteiger partial charge >= 0.3 is 0 Å². The van der Waals surface area contributed by atoms with Crippen molar-refractivity contribution in [3.8, 4) is 5.75 Å². The topological polar surface area (TPSA) is 68.6 Å².